The maximum absolute atomic E-state index is 12.0. The minimum absolute atomic E-state index is 0.0895. The standard InChI is InChI=1S/C13H25F3N2/c1-11-4-3-5-12(10-11)17-7-9-18(2)8-6-13(14,15)16/h11-12,17H,3-10H2,1-2H3. The average molecular weight is 266 g/mol. The molecule has 0 spiro atoms. The lowest BCUT2D eigenvalue weighted by Crippen LogP contribution is -2.39. The minimum Gasteiger partial charge on any atom is -0.313 e. The molecule has 0 aliphatic heterocycles. The van der Waals surface area contributed by atoms with Crippen LogP contribution in [0.15, 0.2) is 0 Å². The van der Waals surface area contributed by atoms with E-state index in [9.17, 15) is 13.2 Å². The molecule has 0 aromatic carbocycles. The molecule has 1 fully saturated rings. The summed E-state index contributed by atoms with van der Waals surface area (Å²) in [4.78, 5) is 1.74. The lowest BCUT2D eigenvalue weighted by molar-refractivity contribution is -0.137. The summed E-state index contributed by atoms with van der Waals surface area (Å²) in [5, 5.41) is 3.46. The molecule has 2 unspecified atom stereocenters. The molecule has 1 N–H and O–H groups in total. The molecule has 0 saturated heterocycles. The molecule has 0 radical (unpaired) electrons. The molecule has 18 heavy (non-hydrogen) atoms. The Morgan fingerprint density at radius 3 is 2.56 bits per heavy atom. The van der Waals surface area contributed by atoms with E-state index < -0.39 is 12.6 Å². The highest BCUT2D eigenvalue weighted by molar-refractivity contribution is 4.76. The van der Waals surface area contributed by atoms with E-state index in [1.807, 2.05) is 0 Å². The van der Waals surface area contributed by atoms with Gasteiger partial charge in [-0.1, -0.05) is 19.8 Å². The second kappa shape index (κ2) is 7.34. The fourth-order valence-corrected chi connectivity index (χ4v) is 2.51. The molecule has 0 heterocycles. The summed E-state index contributed by atoms with van der Waals surface area (Å²) < 4.78 is 36.1. The Labute approximate surface area is 108 Å². The van der Waals surface area contributed by atoms with Crippen LogP contribution < -0.4 is 5.32 Å². The normalized spacial score (nSPS) is 25.7. The Morgan fingerprint density at radius 2 is 1.94 bits per heavy atom. The van der Waals surface area contributed by atoms with E-state index in [-0.39, 0.29) is 6.54 Å². The summed E-state index contributed by atoms with van der Waals surface area (Å²) in [5.74, 6) is 0.777. The lowest BCUT2D eigenvalue weighted by Gasteiger charge is -2.28. The van der Waals surface area contributed by atoms with E-state index in [1.165, 1.54) is 25.7 Å². The van der Waals surface area contributed by atoms with E-state index in [1.54, 1.807) is 11.9 Å². The summed E-state index contributed by atoms with van der Waals surface area (Å²) in [6.45, 7) is 3.82. The highest BCUT2D eigenvalue weighted by Gasteiger charge is 2.27. The Balaban J connectivity index is 2.06. The number of hydrogen-bond acceptors (Lipinski definition) is 2. The molecule has 108 valence electrons. The third kappa shape index (κ3) is 7.21. The van der Waals surface area contributed by atoms with Crippen molar-refractivity contribution in [1.82, 2.24) is 10.2 Å². The lowest BCUT2D eigenvalue weighted by atomic mass is 9.87. The van der Waals surface area contributed by atoms with Gasteiger partial charge in [-0.15, -0.1) is 0 Å². The van der Waals surface area contributed by atoms with Crippen molar-refractivity contribution in [2.24, 2.45) is 5.92 Å². The zero-order valence-electron chi connectivity index (χ0n) is 11.4. The third-order valence-electron chi connectivity index (χ3n) is 3.64. The number of nitrogens with one attached hydrogen (secondary N) is 1. The predicted molar refractivity (Wildman–Crippen MR) is 67.6 cm³/mol. The van der Waals surface area contributed by atoms with Crippen molar-refractivity contribution in [2.75, 3.05) is 26.7 Å². The fraction of sp³-hybridized carbons (Fsp3) is 1.00. The van der Waals surface area contributed by atoms with Crippen LogP contribution in [-0.4, -0.2) is 43.8 Å². The molecular weight excluding hydrogens is 241 g/mol. The second-order valence-corrected chi connectivity index (χ2v) is 5.59. The second-order valence-electron chi connectivity index (χ2n) is 5.59. The van der Waals surface area contributed by atoms with Crippen LogP contribution in [0.2, 0.25) is 0 Å². The summed E-state index contributed by atoms with van der Waals surface area (Å²) in [6, 6.07) is 0.560. The van der Waals surface area contributed by atoms with Gasteiger partial charge in [-0.05, 0) is 25.8 Å². The Bertz CT molecular complexity index is 231. The number of halogens is 3. The first kappa shape index (κ1) is 15.8. The smallest absolute Gasteiger partial charge is 0.313 e. The van der Waals surface area contributed by atoms with Gasteiger partial charge < -0.3 is 10.2 Å². The molecule has 1 rings (SSSR count). The topological polar surface area (TPSA) is 15.3 Å². The summed E-state index contributed by atoms with van der Waals surface area (Å²) in [6.07, 6.45) is 0.222. The van der Waals surface area contributed by atoms with Crippen molar-refractivity contribution in [3.05, 3.63) is 0 Å². The van der Waals surface area contributed by atoms with Gasteiger partial charge in [-0.25, -0.2) is 0 Å². The third-order valence-corrected chi connectivity index (χ3v) is 3.64. The SMILES string of the molecule is CC1CCCC(NCCN(C)CCC(F)(F)F)C1. The highest BCUT2D eigenvalue weighted by atomic mass is 19.4. The Kier molecular flexibility index (Phi) is 6.43. The van der Waals surface area contributed by atoms with E-state index in [4.69, 9.17) is 0 Å². The van der Waals surface area contributed by atoms with E-state index in [0.29, 0.717) is 12.6 Å². The van der Waals surface area contributed by atoms with Gasteiger partial charge in [0.15, 0.2) is 0 Å². The molecular formula is C13H25F3N2. The van der Waals surface area contributed by atoms with Crippen molar-refractivity contribution in [3.8, 4) is 0 Å². The van der Waals surface area contributed by atoms with E-state index in [2.05, 4.69) is 12.2 Å². The molecule has 2 atom stereocenters. The van der Waals surface area contributed by atoms with Gasteiger partial charge in [0.25, 0.3) is 0 Å². The number of nitrogens with zero attached hydrogens (tertiary/aromatic N) is 1. The van der Waals surface area contributed by atoms with Gasteiger partial charge in [0.1, 0.15) is 0 Å². The maximum atomic E-state index is 12.0. The minimum atomic E-state index is -4.04. The summed E-state index contributed by atoms with van der Waals surface area (Å²) in [5.41, 5.74) is 0. The first-order valence-corrected chi connectivity index (χ1v) is 6.85. The molecule has 0 bridgehead atoms. The van der Waals surface area contributed by atoms with Gasteiger partial charge in [0.05, 0.1) is 6.42 Å². The molecule has 5 heteroatoms. The largest absolute Gasteiger partial charge is 0.390 e. The van der Waals surface area contributed by atoms with Crippen molar-refractivity contribution < 1.29 is 13.2 Å². The average Bonchev–Trinajstić information content (AvgIpc) is 2.25. The zero-order chi connectivity index (χ0) is 13.6. The van der Waals surface area contributed by atoms with Crippen molar-refractivity contribution >= 4 is 0 Å². The molecule has 1 saturated carbocycles. The van der Waals surface area contributed by atoms with Crippen LogP contribution in [-0.2, 0) is 0 Å². The van der Waals surface area contributed by atoms with Crippen LogP contribution in [0.4, 0.5) is 13.2 Å². The summed E-state index contributed by atoms with van der Waals surface area (Å²) >= 11 is 0. The van der Waals surface area contributed by atoms with Gasteiger partial charge in [0.2, 0.25) is 0 Å². The summed E-state index contributed by atoms with van der Waals surface area (Å²) in [7, 11) is 1.75. The molecule has 0 amide bonds. The van der Waals surface area contributed by atoms with Crippen LogP contribution in [0.1, 0.15) is 39.0 Å². The molecule has 1 aliphatic rings. The fourth-order valence-electron chi connectivity index (χ4n) is 2.51. The van der Waals surface area contributed by atoms with Crippen LogP contribution in [0.3, 0.4) is 0 Å². The Hall–Kier alpha value is -0.290. The Morgan fingerprint density at radius 1 is 1.22 bits per heavy atom. The van der Waals surface area contributed by atoms with Gasteiger partial charge in [-0.2, -0.15) is 13.2 Å². The van der Waals surface area contributed by atoms with Crippen LogP contribution in [0.5, 0.6) is 0 Å². The molecule has 0 aromatic rings. The number of rotatable bonds is 6. The number of alkyl halides is 3. The predicted octanol–water partition coefficient (Wildman–Crippen LogP) is 3.04. The van der Waals surface area contributed by atoms with Crippen molar-refractivity contribution in [1.29, 1.82) is 0 Å². The zero-order valence-corrected chi connectivity index (χ0v) is 11.4. The van der Waals surface area contributed by atoms with Crippen LogP contribution in [0.25, 0.3) is 0 Å². The van der Waals surface area contributed by atoms with Crippen molar-refractivity contribution in [2.45, 2.75) is 51.2 Å². The van der Waals surface area contributed by atoms with Crippen LogP contribution in [0, 0.1) is 5.92 Å². The molecule has 1 aliphatic carbocycles. The van der Waals surface area contributed by atoms with Gasteiger partial charge >= 0.3 is 6.18 Å². The molecule has 0 aromatic heterocycles. The number of likely N-dealkylation sites (N-methyl/N-ethyl adjacent to an activating group) is 1. The highest BCUT2D eigenvalue weighted by Crippen LogP contribution is 2.23. The monoisotopic (exact) mass is 266 g/mol. The van der Waals surface area contributed by atoms with E-state index >= 15 is 0 Å². The molecule has 2 nitrogen and oxygen atoms in total. The first-order chi connectivity index (χ1) is 8.37. The van der Waals surface area contributed by atoms with E-state index in [0.717, 1.165) is 12.5 Å². The first-order valence-electron chi connectivity index (χ1n) is 6.85. The maximum Gasteiger partial charge on any atom is 0.390 e. The van der Waals surface area contributed by atoms with Gasteiger partial charge in [0, 0.05) is 25.7 Å². The van der Waals surface area contributed by atoms with Crippen molar-refractivity contribution in [3.63, 3.8) is 0 Å². The quantitative estimate of drug-likeness (QED) is 0.795. The van der Waals surface area contributed by atoms with Gasteiger partial charge in [-0.3, -0.25) is 0 Å². The number of hydrogen-bond donors (Lipinski definition) is 1. The van der Waals surface area contributed by atoms with Crippen LogP contribution >= 0.6 is 0 Å².